The fourth-order valence-electron chi connectivity index (χ4n) is 0.964. The van der Waals surface area contributed by atoms with Crippen LogP contribution in [0.4, 0.5) is 0 Å². The molecule has 0 radical (unpaired) electrons. The van der Waals surface area contributed by atoms with E-state index in [1.165, 1.54) is 0 Å². The minimum Gasteiger partial charge on any atom is -0.229 e. The van der Waals surface area contributed by atoms with Crippen LogP contribution in [0.3, 0.4) is 0 Å². The van der Waals surface area contributed by atoms with Gasteiger partial charge in [-0.15, -0.1) is 0 Å². The zero-order chi connectivity index (χ0) is 7.83. The molecule has 1 aliphatic rings. The molecule has 1 aliphatic heterocycles. The molecule has 0 atom stereocenters. The number of hydrogen-bond donors (Lipinski definition) is 0. The fraction of sp³-hybridized carbons (Fsp3) is 1.00. The normalized spacial score (nSPS) is 29.8. The molecule has 10 heavy (non-hydrogen) atoms. The molecule has 0 saturated carbocycles. The number of rotatable bonds is 0. The molecule has 0 spiro atoms. The molecule has 1 rings (SSSR count). The third-order valence-electron chi connectivity index (χ3n) is 1.87. The molecule has 0 unspecified atom stereocenters. The molecule has 0 aromatic carbocycles. The Hall–Kier alpha value is 0.430. The van der Waals surface area contributed by atoms with Gasteiger partial charge < -0.3 is 0 Å². The lowest BCUT2D eigenvalue weighted by Gasteiger charge is -2.26. The maximum atomic E-state index is 10.9. The van der Waals surface area contributed by atoms with Crippen LogP contribution in [0.5, 0.6) is 0 Å². The number of sulfone groups is 1. The summed E-state index contributed by atoms with van der Waals surface area (Å²) in [6.07, 6.45) is 1.49. The molecule has 1 fully saturated rings. The second-order valence-electron chi connectivity index (χ2n) is 3.07. The molecule has 0 aromatic rings. The van der Waals surface area contributed by atoms with Crippen molar-refractivity contribution < 1.29 is 8.42 Å². The highest BCUT2D eigenvalue weighted by atomic mass is 79.9. The van der Waals surface area contributed by atoms with Gasteiger partial charge in [0.1, 0.15) is 9.84 Å². The largest absolute Gasteiger partial charge is 0.229 e. The van der Waals surface area contributed by atoms with Crippen molar-refractivity contribution in [3.8, 4) is 0 Å². The first kappa shape index (κ1) is 8.53. The van der Waals surface area contributed by atoms with Gasteiger partial charge in [0.15, 0.2) is 0 Å². The van der Waals surface area contributed by atoms with E-state index in [0.717, 1.165) is 12.8 Å². The molecule has 0 aliphatic carbocycles. The maximum Gasteiger partial charge on any atom is 0.150 e. The summed E-state index contributed by atoms with van der Waals surface area (Å²) in [7, 11) is -2.68. The summed E-state index contributed by atoms with van der Waals surface area (Å²) >= 11 is 3.48. The van der Waals surface area contributed by atoms with E-state index in [2.05, 4.69) is 15.9 Å². The van der Waals surface area contributed by atoms with Crippen molar-refractivity contribution in [2.24, 2.45) is 0 Å². The van der Waals surface area contributed by atoms with Crippen LogP contribution in [0.2, 0.25) is 0 Å². The van der Waals surface area contributed by atoms with Crippen molar-refractivity contribution in [2.45, 2.75) is 24.1 Å². The molecule has 0 N–H and O–H groups in total. The predicted octanol–water partition coefficient (Wildman–Crippen LogP) is 1.35. The van der Waals surface area contributed by atoms with Crippen LogP contribution >= 0.6 is 15.9 Å². The summed E-state index contributed by atoms with van der Waals surface area (Å²) in [5.41, 5.74) is 0. The number of hydrogen-bond acceptors (Lipinski definition) is 2. The number of halogens is 1. The lowest BCUT2D eigenvalue weighted by atomic mass is 10.1. The molecule has 60 valence electrons. The summed E-state index contributed by atoms with van der Waals surface area (Å²) in [5, 5.41) is 0. The summed E-state index contributed by atoms with van der Waals surface area (Å²) < 4.78 is 21.9. The molecule has 2 nitrogen and oxygen atoms in total. The first-order chi connectivity index (χ1) is 4.41. The van der Waals surface area contributed by atoms with E-state index in [4.69, 9.17) is 0 Å². The van der Waals surface area contributed by atoms with Crippen LogP contribution in [0, 0.1) is 0 Å². The Kier molecular flexibility index (Phi) is 2.12. The highest BCUT2D eigenvalue weighted by Crippen LogP contribution is 2.31. The zero-order valence-electron chi connectivity index (χ0n) is 5.93. The summed E-state index contributed by atoms with van der Waals surface area (Å²) in [6.45, 7) is 2.04. The third-order valence-corrected chi connectivity index (χ3v) is 4.31. The summed E-state index contributed by atoms with van der Waals surface area (Å²) in [6, 6.07) is 0. The van der Waals surface area contributed by atoms with Crippen molar-refractivity contribution in [1.82, 2.24) is 0 Å². The third kappa shape index (κ3) is 2.23. The Morgan fingerprint density at radius 1 is 1.30 bits per heavy atom. The van der Waals surface area contributed by atoms with Gasteiger partial charge in [0.2, 0.25) is 0 Å². The van der Waals surface area contributed by atoms with Gasteiger partial charge in [0.05, 0.1) is 11.5 Å². The quantitative estimate of drug-likeness (QED) is 0.585. The van der Waals surface area contributed by atoms with E-state index in [-0.39, 0.29) is 4.32 Å². The Morgan fingerprint density at radius 2 is 1.70 bits per heavy atom. The smallest absolute Gasteiger partial charge is 0.150 e. The van der Waals surface area contributed by atoms with Crippen molar-refractivity contribution >= 4 is 25.8 Å². The van der Waals surface area contributed by atoms with E-state index < -0.39 is 9.84 Å². The fourth-order valence-corrected chi connectivity index (χ4v) is 3.61. The molecule has 1 saturated heterocycles. The van der Waals surface area contributed by atoms with Gasteiger partial charge in [-0.1, -0.05) is 15.9 Å². The lowest BCUT2D eigenvalue weighted by Crippen LogP contribution is -2.31. The molecule has 4 heteroatoms. The molecule has 0 amide bonds. The van der Waals surface area contributed by atoms with Crippen molar-refractivity contribution in [3.05, 3.63) is 0 Å². The average Bonchev–Trinajstić information content (AvgIpc) is 1.79. The molecule has 0 aromatic heterocycles. The van der Waals surface area contributed by atoms with Gasteiger partial charge in [-0.05, 0) is 19.8 Å². The van der Waals surface area contributed by atoms with Crippen LogP contribution in [0.25, 0.3) is 0 Å². The van der Waals surface area contributed by atoms with Gasteiger partial charge in [-0.3, -0.25) is 0 Å². The van der Waals surface area contributed by atoms with E-state index in [1.807, 2.05) is 6.92 Å². The Labute approximate surface area is 70.1 Å². The summed E-state index contributed by atoms with van der Waals surface area (Å²) in [5.74, 6) is 0.684. The van der Waals surface area contributed by atoms with E-state index in [9.17, 15) is 8.42 Å². The average molecular weight is 227 g/mol. The van der Waals surface area contributed by atoms with Crippen LogP contribution < -0.4 is 0 Å². The Balaban J connectivity index is 2.63. The van der Waals surface area contributed by atoms with Crippen molar-refractivity contribution in [2.75, 3.05) is 11.5 Å². The monoisotopic (exact) mass is 226 g/mol. The van der Waals surface area contributed by atoms with Crippen LogP contribution in [0.15, 0.2) is 0 Å². The van der Waals surface area contributed by atoms with E-state index in [1.54, 1.807) is 0 Å². The van der Waals surface area contributed by atoms with E-state index in [0.29, 0.717) is 11.5 Å². The molecule has 1 heterocycles. The van der Waals surface area contributed by atoms with Crippen LogP contribution in [-0.2, 0) is 9.84 Å². The van der Waals surface area contributed by atoms with Gasteiger partial charge in [0.25, 0.3) is 0 Å². The van der Waals surface area contributed by atoms with Gasteiger partial charge in [0, 0.05) is 4.32 Å². The number of alkyl halides is 1. The summed E-state index contributed by atoms with van der Waals surface area (Å²) in [4.78, 5) is 0. The topological polar surface area (TPSA) is 34.1 Å². The maximum absolute atomic E-state index is 10.9. The van der Waals surface area contributed by atoms with Gasteiger partial charge in [-0.2, -0.15) is 0 Å². The lowest BCUT2D eigenvalue weighted by molar-refractivity contribution is 0.539. The highest BCUT2D eigenvalue weighted by molar-refractivity contribution is 9.10. The van der Waals surface area contributed by atoms with E-state index >= 15 is 0 Å². The van der Waals surface area contributed by atoms with Crippen molar-refractivity contribution in [1.29, 1.82) is 0 Å². The second-order valence-corrected chi connectivity index (χ2v) is 7.28. The van der Waals surface area contributed by atoms with Crippen LogP contribution in [-0.4, -0.2) is 24.2 Å². The molecule has 0 bridgehead atoms. The predicted molar refractivity (Wildman–Crippen MR) is 45.2 cm³/mol. The first-order valence-corrected chi connectivity index (χ1v) is 5.92. The molecular weight excluding hydrogens is 216 g/mol. The Morgan fingerprint density at radius 3 is 2.00 bits per heavy atom. The minimum absolute atomic E-state index is 0.0678. The van der Waals surface area contributed by atoms with Gasteiger partial charge >= 0.3 is 0 Å². The second kappa shape index (κ2) is 2.48. The zero-order valence-corrected chi connectivity index (χ0v) is 8.33. The highest BCUT2D eigenvalue weighted by Gasteiger charge is 2.30. The van der Waals surface area contributed by atoms with Gasteiger partial charge in [-0.25, -0.2) is 8.42 Å². The van der Waals surface area contributed by atoms with Crippen molar-refractivity contribution in [3.63, 3.8) is 0 Å². The first-order valence-electron chi connectivity index (χ1n) is 3.31. The standard InChI is InChI=1S/C6H11BrO2S/c1-6(7)2-4-10(8,9)5-3-6/h2-5H2,1H3. The molecular formula is C6H11BrO2S. The Bertz CT molecular complexity index is 202. The minimum atomic E-state index is -2.68. The SMILES string of the molecule is CC1(Br)CCS(=O)(=O)CC1. The van der Waals surface area contributed by atoms with Crippen LogP contribution in [0.1, 0.15) is 19.8 Å².